The fourth-order valence-corrected chi connectivity index (χ4v) is 1.78. The van der Waals surface area contributed by atoms with E-state index in [1.54, 1.807) is 13.2 Å². The molecule has 0 amide bonds. The van der Waals surface area contributed by atoms with Crippen LogP contribution in [0.1, 0.15) is 0 Å². The topological polar surface area (TPSA) is 67.9 Å². The first-order valence-corrected chi connectivity index (χ1v) is 5.45. The third-order valence-corrected chi connectivity index (χ3v) is 2.64. The number of hydrogen-bond donors (Lipinski definition) is 1. The number of H-pyrrole nitrogens is 1. The van der Waals surface area contributed by atoms with E-state index in [9.17, 15) is 4.79 Å². The van der Waals surface area contributed by atoms with Crippen LogP contribution in [0, 0.1) is 0 Å². The number of aromatic nitrogens is 3. The van der Waals surface area contributed by atoms with E-state index in [1.807, 2.05) is 6.26 Å². The lowest BCUT2D eigenvalue weighted by atomic mass is 10.3. The Morgan fingerprint density at radius 2 is 2.33 bits per heavy atom. The molecular weight excluding hydrogens is 214 g/mol. The predicted molar refractivity (Wildman–Crippen MR) is 58.5 cm³/mol. The SMILES string of the molecule is COc1cc2nc[nH]c(=O)c2nc1SC. The van der Waals surface area contributed by atoms with E-state index < -0.39 is 0 Å². The average Bonchev–Trinajstić information content (AvgIpc) is 2.28. The van der Waals surface area contributed by atoms with Gasteiger partial charge in [0.05, 0.1) is 19.0 Å². The standard InChI is InChI=1S/C9H9N3O2S/c1-14-6-3-5-7(12-9(6)15-2)8(13)11-4-10-5/h3-4H,1-2H3,(H,10,11,13). The summed E-state index contributed by atoms with van der Waals surface area (Å²) in [5.41, 5.74) is 0.633. The molecule has 5 nitrogen and oxygen atoms in total. The van der Waals surface area contributed by atoms with E-state index >= 15 is 0 Å². The van der Waals surface area contributed by atoms with Gasteiger partial charge in [0.2, 0.25) is 0 Å². The first-order chi connectivity index (χ1) is 7.26. The molecule has 0 fully saturated rings. The molecule has 78 valence electrons. The molecule has 0 saturated carbocycles. The Bertz CT molecular complexity index is 553. The zero-order chi connectivity index (χ0) is 10.8. The lowest BCUT2D eigenvalue weighted by Crippen LogP contribution is -2.08. The van der Waals surface area contributed by atoms with Crippen LogP contribution in [0.3, 0.4) is 0 Å². The molecule has 0 aliphatic rings. The molecule has 1 N–H and O–H groups in total. The number of rotatable bonds is 2. The minimum Gasteiger partial charge on any atom is -0.494 e. The zero-order valence-electron chi connectivity index (χ0n) is 8.27. The maximum atomic E-state index is 11.4. The Balaban J connectivity index is 2.81. The second kappa shape index (κ2) is 3.90. The summed E-state index contributed by atoms with van der Waals surface area (Å²) >= 11 is 1.43. The van der Waals surface area contributed by atoms with Crippen LogP contribution in [-0.4, -0.2) is 28.3 Å². The largest absolute Gasteiger partial charge is 0.494 e. The van der Waals surface area contributed by atoms with Gasteiger partial charge in [-0.05, 0) is 6.26 Å². The molecule has 0 bridgehead atoms. The van der Waals surface area contributed by atoms with Gasteiger partial charge in [-0.15, -0.1) is 11.8 Å². The Morgan fingerprint density at radius 1 is 1.53 bits per heavy atom. The Morgan fingerprint density at radius 3 is 3.00 bits per heavy atom. The average molecular weight is 223 g/mol. The molecule has 2 heterocycles. The Kier molecular flexibility index (Phi) is 2.59. The quantitative estimate of drug-likeness (QED) is 0.771. The van der Waals surface area contributed by atoms with E-state index in [4.69, 9.17) is 4.74 Å². The third kappa shape index (κ3) is 1.68. The lowest BCUT2D eigenvalue weighted by molar-refractivity contribution is 0.402. The molecule has 2 aromatic heterocycles. The van der Waals surface area contributed by atoms with E-state index in [0.717, 1.165) is 0 Å². The van der Waals surface area contributed by atoms with Gasteiger partial charge in [-0.1, -0.05) is 0 Å². The number of fused-ring (bicyclic) bond motifs is 1. The van der Waals surface area contributed by atoms with Gasteiger partial charge >= 0.3 is 0 Å². The van der Waals surface area contributed by atoms with Crippen molar-refractivity contribution in [2.75, 3.05) is 13.4 Å². The highest BCUT2D eigenvalue weighted by Crippen LogP contribution is 2.26. The Hall–Kier alpha value is -1.56. The zero-order valence-corrected chi connectivity index (χ0v) is 9.09. The fraction of sp³-hybridized carbons (Fsp3) is 0.222. The molecule has 2 aromatic rings. The molecule has 0 radical (unpaired) electrons. The van der Waals surface area contributed by atoms with Gasteiger partial charge in [-0.25, -0.2) is 9.97 Å². The van der Waals surface area contributed by atoms with Crippen molar-refractivity contribution in [3.8, 4) is 5.75 Å². The molecule has 0 unspecified atom stereocenters. The molecule has 0 aliphatic heterocycles. The second-order valence-corrected chi connectivity index (χ2v) is 3.59. The van der Waals surface area contributed by atoms with E-state index in [2.05, 4.69) is 15.0 Å². The fourth-order valence-electron chi connectivity index (χ4n) is 1.25. The third-order valence-electron chi connectivity index (χ3n) is 1.96. The summed E-state index contributed by atoms with van der Waals surface area (Å²) in [5.74, 6) is 0.633. The van der Waals surface area contributed by atoms with Crippen molar-refractivity contribution in [3.63, 3.8) is 0 Å². The number of hydrogen-bond acceptors (Lipinski definition) is 5. The predicted octanol–water partition coefficient (Wildman–Crippen LogP) is 1.05. The molecule has 2 rings (SSSR count). The van der Waals surface area contributed by atoms with Crippen LogP contribution in [0.25, 0.3) is 11.0 Å². The molecule has 0 aliphatic carbocycles. The second-order valence-electron chi connectivity index (χ2n) is 2.80. The molecule has 0 aromatic carbocycles. The minimum absolute atomic E-state index is 0.238. The number of pyridine rings is 1. The van der Waals surface area contributed by atoms with Gasteiger partial charge in [-0.3, -0.25) is 4.79 Å². The summed E-state index contributed by atoms with van der Waals surface area (Å²) in [5, 5.41) is 0.684. The summed E-state index contributed by atoms with van der Waals surface area (Å²) in [6.45, 7) is 0. The van der Waals surface area contributed by atoms with Crippen LogP contribution in [-0.2, 0) is 0 Å². The van der Waals surface area contributed by atoms with Crippen molar-refractivity contribution in [2.45, 2.75) is 5.03 Å². The Labute approximate surface area is 89.9 Å². The molecule has 0 saturated heterocycles. The van der Waals surface area contributed by atoms with Gasteiger partial charge in [0, 0.05) is 6.07 Å². The maximum Gasteiger partial charge on any atom is 0.277 e. The van der Waals surface area contributed by atoms with Crippen molar-refractivity contribution in [1.29, 1.82) is 0 Å². The summed E-state index contributed by atoms with van der Waals surface area (Å²) in [6.07, 6.45) is 3.23. The number of thioether (sulfide) groups is 1. The van der Waals surface area contributed by atoms with Crippen LogP contribution >= 0.6 is 11.8 Å². The summed E-state index contributed by atoms with van der Waals surface area (Å²) in [7, 11) is 1.57. The number of ether oxygens (including phenoxy) is 1. The molecule has 15 heavy (non-hydrogen) atoms. The highest BCUT2D eigenvalue weighted by molar-refractivity contribution is 7.98. The van der Waals surface area contributed by atoms with Gasteiger partial charge in [0.25, 0.3) is 5.56 Å². The maximum absolute atomic E-state index is 11.4. The van der Waals surface area contributed by atoms with Crippen molar-refractivity contribution < 1.29 is 4.74 Å². The van der Waals surface area contributed by atoms with Crippen LogP contribution in [0.2, 0.25) is 0 Å². The van der Waals surface area contributed by atoms with E-state index in [0.29, 0.717) is 21.8 Å². The van der Waals surface area contributed by atoms with Gasteiger partial charge in [-0.2, -0.15) is 0 Å². The monoisotopic (exact) mass is 223 g/mol. The van der Waals surface area contributed by atoms with Crippen molar-refractivity contribution in [3.05, 3.63) is 22.7 Å². The van der Waals surface area contributed by atoms with Crippen molar-refractivity contribution in [1.82, 2.24) is 15.0 Å². The number of nitrogens with one attached hydrogen (secondary N) is 1. The van der Waals surface area contributed by atoms with Gasteiger partial charge < -0.3 is 9.72 Å². The van der Waals surface area contributed by atoms with Crippen LogP contribution in [0.5, 0.6) is 5.75 Å². The normalized spacial score (nSPS) is 10.5. The first-order valence-electron chi connectivity index (χ1n) is 4.22. The smallest absolute Gasteiger partial charge is 0.277 e. The highest BCUT2D eigenvalue weighted by atomic mass is 32.2. The van der Waals surface area contributed by atoms with Crippen LogP contribution in [0.4, 0.5) is 0 Å². The van der Waals surface area contributed by atoms with E-state index in [1.165, 1.54) is 18.1 Å². The first kappa shape index (κ1) is 9.97. The number of aromatic amines is 1. The summed E-state index contributed by atoms with van der Waals surface area (Å²) in [6, 6.07) is 1.71. The minimum atomic E-state index is -0.238. The number of methoxy groups -OCH3 is 1. The van der Waals surface area contributed by atoms with Crippen molar-refractivity contribution >= 4 is 22.8 Å². The summed E-state index contributed by atoms with van der Waals surface area (Å²) < 4.78 is 5.15. The molecular formula is C9H9N3O2S. The number of nitrogens with zero attached hydrogens (tertiary/aromatic N) is 2. The summed E-state index contributed by atoms with van der Waals surface area (Å²) in [4.78, 5) is 22.1. The van der Waals surface area contributed by atoms with Crippen molar-refractivity contribution in [2.24, 2.45) is 0 Å². The van der Waals surface area contributed by atoms with E-state index in [-0.39, 0.29) is 5.56 Å². The molecule has 0 spiro atoms. The van der Waals surface area contributed by atoms with Crippen LogP contribution in [0.15, 0.2) is 22.2 Å². The van der Waals surface area contributed by atoms with Gasteiger partial charge in [0.1, 0.15) is 5.03 Å². The highest BCUT2D eigenvalue weighted by Gasteiger charge is 2.08. The molecule has 0 atom stereocenters. The van der Waals surface area contributed by atoms with Crippen LogP contribution < -0.4 is 10.3 Å². The van der Waals surface area contributed by atoms with Gasteiger partial charge in [0.15, 0.2) is 11.3 Å². The lowest BCUT2D eigenvalue weighted by Gasteiger charge is -2.05. The molecule has 6 heteroatoms.